The van der Waals surface area contributed by atoms with E-state index < -0.39 is 11.9 Å². The SMILES string of the molecule is Cc1nc2c(F)cc(-c3nc(N[C@H]4CCn5nccc5[C@H]4O)ncc3Cl)cc2n1C(C)C. The fourth-order valence-electron chi connectivity index (χ4n) is 4.42. The standard InChI is InChI=1S/C22H23ClFN7O/c1-11(2)31-12(3)27-20-15(24)8-13(9-18(20)31)19-14(23)10-25-22(29-19)28-16-5-7-30-17(21(16)32)4-6-26-30/h4,6,8-11,16,21,32H,5,7H2,1-3H3,(H,25,28,29)/t16-,21-/m0/s1. The molecule has 0 saturated carbocycles. The van der Waals surface area contributed by atoms with E-state index >= 15 is 0 Å². The van der Waals surface area contributed by atoms with Gasteiger partial charge < -0.3 is 15.0 Å². The molecule has 4 heterocycles. The second-order valence-electron chi connectivity index (χ2n) is 8.30. The van der Waals surface area contributed by atoms with Crippen LogP contribution in [0.1, 0.15) is 43.9 Å². The van der Waals surface area contributed by atoms with Gasteiger partial charge in [-0.1, -0.05) is 11.6 Å². The van der Waals surface area contributed by atoms with Crippen LogP contribution in [0.5, 0.6) is 0 Å². The number of aliphatic hydroxyl groups excluding tert-OH is 1. The molecule has 2 N–H and O–H groups in total. The highest BCUT2D eigenvalue weighted by Gasteiger charge is 2.29. The van der Waals surface area contributed by atoms with Gasteiger partial charge >= 0.3 is 0 Å². The zero-order chi connectivity index (χ0) is 22.6. The van der Waals surface area contributed by atoms with Crippen molar-refractivity contribution in [2.24, 2.45) is 0 Å². The molecule has 10 heteroatoms. The summed E-state index contributed by atoms with van der Waals surface area (Å²) in [4.78, 5) is 13.2. The molecule has 0 radical (unpaired) electrons. The van der Waals surface area contributed by atoms with E-state index in [0.717, 1.165) is 11.5 Å². The normalized spacial score (nSPS) is 18.3. The maximum Gasteiger partial charge on any atom is 0.223 e. The molecule has 1 aliphatic heterocycles. The zero-order valence-corrected chi connectivity index (χ0v) is 18.7. The maximum absolute atomic E-state index is 14.9. The summed E-state index contributed by atoms with van der Waals surface area (Å²) >= 11 is 6.41. The Morgan fingerprint density at radius 2 is 2.09 bits per heavy atom. The Labute approximate surface area is 189 Å². The Morgan fingerprint density at radius 1 is 1.28 bits per heavy atom. The molecule has 0 fully saturated rings. The number of nitrogens with zero attached hydrogens (tertiary/aromatic N) is 6. The van der Waals surface area contributed by atoms with Gasteiger partial charge in [-0.05, 0) is 45.4 Å². The number of hydrogen-bond donors (Lipinski definition) is 2. The first-order valence-corrected chi connectivity index (χ1v) is 10.9. The van der Waals surface area contributed by atoms with Gasteiger partial charge in [-0.15, -0.1) is 0 Å². The highest BCUT2D eigenvalue weighted by Crippen LogP contribution is 2.33. The molecule has 2 atom stereocenters. The van der Waals surface area contributed by atoms with Crippen molar-refractivity contribution in [3.63, 3.8) is 0 Å². The van der Waals surface area contributed by atoms with Crippen LogP contribution in [0.3, 0.4) is 0 Å². The molecule has 0 saturated heterocycles. The molecule has 3 aromatic heterocycles. The van der Waals surface area contributed by atoms with E-state index in [1.807, 2.05) is 31.4 Å². The predicted molar refractivity (Wildman–Crippen MR) is 120 cm³/mol. The molecule has 1 aromatic carbocycles. The van der Waals surface area contributed by atoms with Crippen LogP contribution in [0.15, 0.2) is 30.6 Å². The summed E-state index contributed by atoms with van der Waals surface area (Å²) in [6.07, 6.45) is 3.07. The van der Waals surface area contributed by atoms with Crippen molar-refractivity contribution in [3.8, 4) is 11.3 Å². The number of halogens is 2. The van der Waals surface area contributed by atoms with Gasteiger partial charge in [-0.25, -0.2) is 19.3 Å². The summed E-state index contributed by atoms with van der Waals surface area (Å²) in [5, 5.41) is 18.4. The molecular weight excluding hydrogens is 433 g/mol. The minimum absolute atomic E-state index is 0.119. The fourth-order valence-corrected chi connectivity index (χ4v) is 4.62. The average Bonchev–Trinajstić information content (AvgIpc) is 3.36. The van der Waals surface area contributed by atoms with Crippen molar-refractivity contribution < 1.29 is 9.50 Å². The second kappa shape index (κ2) is 7.83. The minimum Gasteiger partial charge on any atom is -0.385 e. The van der Waals surface area contributed by atoms with Gasteiger partial charge in [0.05, 0.1) is 34.2 Å². The number of aromatic nitrogens is 6. The number of hydrogen-bond acceptors (Lipinski definition) is 6. The van der Waals surface area contributed by atoms with Gasteiger partial charge in [0.2, 0.25) is 5.95 Å². The third kappa shape index (κ3) is 3.41. The molecule has 0 amide bonds. The first-order chi connectivity index (χ1) is 15.3. The quantitative estimate of drug-likeness (QED) is 0.476. The van der Waals surface area contributed by atoms with Crippen LogP contribution in [0.25, 0.3) is 22.3 Å². The van der Waals surface area contributed by atoms with Crippen molar-refractivity contribution >= 4 is 28.6 Å². The number of fused-ring (bicyclic) bond motifs is 2. The van der Waals surface area contributed by atoms with E-state index in [1.165, 1.54) is 12.3 Å². The van der Waals surface area contributed by atoms with Crippen LogP contribution in [0.4, 0.5) is 10.3 Å². The summed E-state index contributed by atoms with van der Waals surface area (Å²) in [7, 11) is 0. The van der Waals surface area contributed by atoms with Crippen LogP contribution >= 0.6 is 11.6 Å². The van der Waals surface area contributed by atoms with Crippen LogP contribution in [-0.4, -0.2) is 40.4 Å². The lowest BCUT2D eigenvalue weighted by Crippen LogP contribution is -2.35. The van der Waals surface area contributed by atoms with Crippen molar-refractivity contribution in [2.45, 2.75) is 51.9 Å². The fraction of sp³-hybridized carbons (Fsp3) is 0.364. The number of aryl methyl sites for hydroxylation is 2. The minimum atomic E-state index is -0.744. The van der Waals surface area contributed by atoms with E-state index in [0.29, 0.717) is 46.2 Å². The van der Waals surface area contributed by atoms with Gasteiger partial charge in [-0.3, -0.25) is 4.68 Å². The monoisotopic (exact) mass is 455 g/mol. The topological polar surface area (TPSA) is 93.7 Å². The Morgan fingerprint density at radius 3 is 2.88 bits per heavy atom. The lowest BCUT2D eigenvalue weighted by molar-refractivity contribution is 0.120. The smallest absolute Gasteiger partial charge is 0.223 e. The Balaban J connectivity index is 1.52. The van der Waals surface area contributed by atoms with E-state index in [9.17, 15) is 9.50 Å². The molecule has 32 heavy (non-hydrogen) atoms. The number of benzene rings is 1. The van der Waals surface area contributed by atoms with Gasteiger partial charge in [0.25, 0.3) is 0 Å². The molecule has 5 rings (SSSR count). The Bertz CT molecular complexity index is 1320. The van der Waals surface area contributed by atoms with Gasteiger partial charge in [0.1, 0.15) is 17.4 Å². The largest absolute Gasteiger partial charge is 0.385 e. The first kappa shape index (κ1) is 20.8. The van der Waals surface area contributed by atoms with Crippen molar-refractivity contribution in [1.29, 1.82) is 0 Å². The van der Waals surface area contributed by atoms with E-state index in [1.54, 1.807) is 16.9 Å². The summed E-state index contributed by atoms with van der Waals surface area (Å²) in [5.41, 5.74) is 2.70. The highest BCUT2D eigenvalue weighted by atomic mass is 35.5. The van der Waals surface area contributed by atoms with E-state index in [-0.39, 0.29) is 12.1 Å². The van der Waals surface area contributed by atoms with Crippen molar-refractivity contribution in [2.75, 3.05) is 5.32 Å². The summed E-state index contributed by atoms with van der Waals surface area (Å²) < 4.78 is 18.7. The molecule has 4 aromatic rings. The number of nitrogens with one attached hydrogen (secondary N) is 1. The number of rotatable bonds is 4. The number of anilines is 1. The third-order valence-corrected chi connectivity index (χ3v) is 6.14. The average molecular weight is 456 g/mol. The molecule has 0 unspecified atom stereocenters. The van der Waals surface area contributed by atoms with Crippen molar-refractivity contribution in [3.05, 3.63) is 53.0 Å². The van der Waals surface area contributed by atoms with Crippen molar-refractivity contribution in [1.82, 2.24) is 29.3 Å². The predicted octanol–water partition coefficient (Wildman–Crippen LogP) is 4.29. The molecule has 0 bridgehead atoms. The number of imidazole rings is 1. The highest BCUT2D eigenvalue weighted by molar-refractivity contribution is 6.33. The first-order valence-electron chi connectivity index (χ1n) is 10.5. The van der Waals surface area contributed by atoms with Crippen LogP contribution in [0, 0.1) is 12.7 Å². The molecule has 0 aliphatic carbocycles. The summed E-state index contributed by atoms with van der Waals surface area (Å²) in [5.74, 6) is 0.628. The summed E-state index contributed by atoms with van der Waals surface area (Å²) in [6.45, 7) is 6.60. The molecule has 166 valence electrons. The Hall–Kier alpha value is -3.04. The van der Waals surface area contributed by atoms with E-state index in [2.05, 4.69) is 25.4 Å². The molecular formula is C22H23ClFN7O. The second-order valence-corrected chi connectivity index (χ2v) is 8.71. The maximum atomic E-state index is 14.9. The van der Waals surface area contributed by atoms with Crippen LogP contribution < -0.4 is 5.32 Å². The lowest BCUT2D eigenvalue weighted by Gasteiger charge is -2.29. The molecule has 1 aliphatic rings. The molecule has 0 spiro atoms. The Kier molecular flexibility index (Phi) is 5.10. The molecule has 8 nitrogen and oxygen atoms in total. The third-order valence-electron chi connectivity index (χ3n) is 5.86. The van der Waals surface area contributed by atoms with Crippen LogP contribution in [-0.2, 0) is 6.54 Å². The zero-order valence-electron chi connectivity index (χ0n) is 17.9. The van der Waals surface area contributed by atoms with E-state index in [4.69, 9.17) is 11.6 Å². The number of aliphatic hydroxyl groups is 1. The van der Waals surface area contributed by atoms with Gasteiger partial charge in [-0.2, -0.15) is 5.10 Å². The lowest BCUT2D eigenvalue weighted by atomic mass is 10.0. The summed E-state index contributed by atoms with van der Waals surface area (Å²) in [6, 6.07) is 4.88. The van der Waals surface area contributed by atoms with Gasteiger partial charge in [0, 0.05) is 24.3 Å². The van der Waals surface area contributed by atoms with Gasteiger partial charge in [0.15, 0.2) is 5.82 Å². The van der Waals surface area contributed by atoms with Crippen LogP contribution in [0.2, 0.25) is 5.02 Å².